The van der Waals surface area contributed by atoms with Crippen molar-refractivity contribution < 1.29 is 45.4 Å². The number of esters is 1. The Hall–Kier alpha value is -4.10. The second-order valence-corrected chi connectivity index (χ2v) is 7.18. The first-order valence-corrected chi connectivity index (χ1v) is 10.1. The van der Waals surface area contributed by atoms with E-state index in [9.17, 15) is 35.9 Å². The number of nitrogens with zero attached hydrogens (tertiary/aromatic N) is 2. The number of rotatable bonds is 7. The molecule has 2 N–H and O–H groups in total. The number of fused-ring (bicyclic) bond motifs is 1. The summed E-state index contributed by atoms with van der Waals surface area (Å²) in [5.41, 5.74) is -6.80. The fraction of sp³-hybridized carbons (Fsp3) is 0.273. The summed E-state index contributed by atoms with van der Waals surface area (Å²) in [6.45, 7) is 0.605. The van der Waals surface area contributed by atoms with Crippen LogP contribution in [-0.2, 0) is 15.7 Å². The van der Waals surface area contributed by atoms with Gasteiger partial charge in [0.1, 0.15) is 5.75 Å². The average Bonchev–Trinajstić information content (AvgIpc) is 2.81. The molecule has 0 saturated heterocycles. The summed E-state index contributed by atoms with van der Waals surface area (Å²) in [6.07, 6.45) is -11.0. The van der Waals surface area contributed by atoms with E-state index in [-0.39, 0.29) is 22.3 Å². The highest BCUT2D eigenvalue weighted by atomic mass is 19.4. The minimum atomic E-state index is -5.70. The molecule has 0 bridgehead atoms. The number of hydrogen-bond donors (Lipinski definition) is 2. The lowest BCUT2D eigenvalue weighted by Crippen LogP contribution is -2.69. The van der Waals surface area contributed by atoms with Gasteiger partial charge in [0, 0.05) is 5.56 Å². The van der Waals surface area contributed by atoms with Gasteiger partial charge in [-0.05, 0) is 43.3 Å². The Kier molecular flexibility index (Phi) is 7.27. The highest BCUT2D eigenvalue weighted by Crippen LogP contribution is 2.38. The molecule has 0 fully saturated rings. The number of para-hydroxylation sites is 2. The molecule has 0 spiro atoms. The number of halogens is 6. The number of carbonyl (C=O) groups excluding carboxylic acids is 2. The number of carbonyl (C=O) groups is 2. The van der Waals surface area contributed by atoms with Crippen LogP contribution in [0.5, 0.6) is 5.75 Å². The molecular formula is C22H18F6N4O4. The number of aromatic nitrogens is 2. The molecule has 192 valence electrons. The van der Waals surface area contributed by atoms with Crippen molar-refractivity contribution in [1.82, 2.24) is 15.3 Å². The van der Waals surface area contributed by atoms with E-state index in [2.05, 4.69) is 14.7 Å². The van der Waals surface area contributed by atoms with Crippen LogP contribution < -0.4 is 15.4 Å². The number of amides is 1. The van der Waals surface area contributed by atoms with Crippen LogP contribution in [0.3, 0.4) is 0 Å². The molecule has 0 saturated carbocycles. The summed E-state index contributed by atoms with van der Waals surface area (Å²) in [7, 11) is 1.32. The van der Waals surface area contributed by atoms with Gasteiger partial charge in [0.05, 0.1) is 24.8 Å². The van der Waals surface area contributed by atoms with Gasteiger partial charge in [0.25, 0.3) is 5.91 Å². The number of benzene rings is 2. The van der Waals surface area contributed by atoms with Crippen molar-refractivity contribution in [1.29, 1.82) is 0 Å². The molecule has 8 nitrogen and oxygen atoms in total. The summed E-state index contributed by atoms with van der Waals surface area (Å²) in [6, 6.07) is 9.84. The van der Waals surface area contributed by atoms with Crippen molar-refractivity contribution in [3.63, 3.8) is 0 Å². The number of alkyl halides is 6. The second kappa shape index (κ2) is 9.87. The summed E-state index contributed by atoms with van der Waals surface area (Å²) in [4.78, 5) is 32.4. The van der Waals surface area contributed by atoms with Gasteiger partial charge in [-0.3, -0.25) is 4.79 Å². The van der Waals surface area contributed by atoms with Crippen molar-refractivity contribution in [3.8, 4) is 5.75 Å². The molecule has 1 amide bonds. The smallest absolute Gasteiger partial charge is 0.441 e. The topological polar surface area (TPSA) is 102 Å². The number of hydrogen-bond acceptors (Lipinski definition) is 7. The van der Waals surface area contributed by atoms with Crippen molar-refractivity contribution in [2.75, 3.05) is 19.0 Å². The Bertz CT molecular complexity index is 1260. The molecule has 3 rings (SSSR count). The predicted octanol–water partition coefficient (Wildman–Crippen LogP) is 4.32. The van der Waals surface area contributed by atoms with Gasteiger partial charge >= 0.3 is 24.0 Å². The average molecular weight is 516 g/mol. The van der Waals surface area contributed by atoms with Gasteiger partial charge in [0.15, 0.2) is 11.5 Å². The zero-order valence-electron chi connectivity index (χ0n) is 18.6. The zero-order valence-corrected chi connectivity index (χ0v) is 18.6. The first-order valence-electron chi connectivity index (χ1n) is 10.1. The van der Waals surface area contributed by atoms with E-state index in [0.717, 1.165) is 12.1 Å². The maximum Gasteiger partial charge on any atom is 0.441 e. The van der Waals surface area contributed by atoms with Gasteiger partial charge in [-0.2, -0.15) is 26.3 Å². The maximum atomic E-state index is 14.4. The molecule has 1 atom stereocenters. The Morgan fingerprint density at radius 1 is 0.917 bits per heavy atom. The minimum absolute atomic E-state index is 0.200. The van der Waals surface area contributed by atoms with Crippen molar-refractivity contribution in [3.05, 3.63) is 59.8 Å². The third-order valence-corrected chi connectivity index (χ3v) is 4.81. The molecule has 1 aromatic heterocycles. The number of ether oxygens (including phenoxy) is 2. The van der Waals surface area contributed by atoms with Crippen LogP contribution in [0.2, 0.25) is 0 Å². The maximum absolute atomic E-state index is 14.4. The van der Waals surface area contributed by atoms with Gasteiger partial charge < -0.3 is 20.1 Å². The van der Waals surface area contributed by atoms with E-state index >= 15 is 0 Å². The van der Waals surface area contributed by atoms with E-state index in [1.165, 1.54) is 61.1 Å². The largest absolute Gasteiger partial charge is 0.497 e. The molecule has 36 heavy (non-hydrogen) atoms. The lowest BCUT2D eigenvalue weighted by Gasteiger charge is -2.35. The van der Waals surface area contributed by atoms with Crippen molar-refractivity contribution in [2.24, 2.45) is 0 Å². The van der Waals surface area contributed by atoms with Crippen LogP contribution in [-0.4, -0.2) is 47.4 Å². The lowest BCUT2D eigenvalue weighted by atomic mass is 10.1. The van der Waals surface area contributed by atoms with E-state index in [0.29, 0.717) is 0 Å². The van der Waals surface area contributed by atoms with Crippen LogP contribution in [0.4, 0.5) is 32.2 Å². The number of anilines is 1. The molecule has 2 aromatic carbocycles. The van der Waals surface area contributed by atoms with Crippen LogP contribution in [0.25, 0.3) is 11.0 Å². The minimum Gasteiger partial charge on any atom is -0.497 e. The van der Waals surface area contributed by atoms with Crippen LogP contribution >= 0.6 is 0 Å². The number of methoxy groups -OCH3 is 1. The number of nitrogens with one attached hydrogen (secondary N) is 2. The quantitative estimate of drug-likeness (QED) is 0.274. The molecule has 0 radical (unpaired) electrons. The molecule has 1 heterocycles. The Labute approximate surface area is 199 Å². The first-order chi connectivity index (χ1) is 16.8. The fourth-order valence-corrected chi connectivity index (χ4v) is 3.08. The molecule has 0 unspecified atom stereocenters. The molecule has 3 aromatic rings. The molecular weight excluding hydrogens is 498 g/mol. The Morgan fingerprint density at radius 2 is 1.50 bits per heavy atom. The fourth-order valence-electron chi connectivity index (χ4n) is 3.08. The van der Waals surface area contributed by atoms with E-state index in [1.54, 1.807) is 0 Å². The second-order valence-electron chi connectivity index (χ2n) is 7.18. The highest BCUT2D eigenvalue weighted by Gasteiger charge is 2.64. The van der Waals surface area contributed by atoms with E-state index in [4.69, 9.17) is 4.74 Å². The highest BCUT2D eigenvalue weighted by molar-refractivity contribution is 5.99. The predicted molar refractivity (Wildman–Crippen MR) is 114 cm³/mol. The molecule has 14 heteroatoms. The van der Waals surface area contributed by atoms with Gasteiger partial charge in [-0.15, -0.1) is 0 Å². The van der Waals surface area contributed by atoms with Gasteiger partial charge in [-0.25, -0.2) is 14.8 Å². The standard InChI is InChI=1S/C22H18F6N4O4/c1-3-36-19(34)20(22(26,27)28,32-18(33)12-8-10-13(35-2)11-9-12)31-17-16(21(23,24)25)29-14-6-4-5-7-15(14)30-17/h4-11H,3H2,1-2H3,(H,30,31)(H,32,33)/t20-/m0/s1. The van der Waals surface area contributed by atoms with Gasteiger partial charge in [0.2, 0.25) is 0 Å². The SMILES string of the molecule is CCOC(=O)[C@@](NC(=O)c1ccc(OC)cc1)(Nc1nc2ccccc2nc1C(F)(F)F)C(F)(F)F. The van der Waals surface area contributed by atoms with Gasteiger partial charge in [-0.1, -0.05) is 12.1 Å². The van der Waals surface area contributed by atoms with E-state index < -0.39 is 48.0 Å². The van der Waals surface area contributed by atoms with Crippen LogP contribution in [0.1, 0.15) is 23.0 Å². The molecule has 0 aliphatic rings. The summed E-state index contributed by atoms with van der Waals surface area (Å²) in [5.74, 6) is -4.72. The van der Waals surface area contributed by atoms with Crippen LogP contribution in [0, 0.1) is 0 Å². The third kappa shape index (κ3) is 5.26. The zero-order chi connectivity index (χ0) is 26.7. The van der Waals surface area contributed by atoms with Crippen molar-refractivity contribution in [2.45, 2.75) is 24.9 Å². The van der Waals surface area contributed by atoms with Crippen molar-refractivity contribution >= 4 is 28.7 Å². The first kappa shape index (κ1) is 26.5. The summed E-state index contributed by atoms with van der Waals surface area (Å²) < 4.78 is 94.0. The monoisotopic (exact) mass is 516 g/mol. The molecule has 0 aliphatic heterocycles. The third-order valence-electron chi connectivity index (χ3n) is 4.81. The Balaban J connectivity index is 2.19. The summed E-state index contributed by atoms with van der Waals surface area (Å²) in [5, 5.41) is 2.92. The Morgan fingerprint density at radius 3 is 2.00 bits per heavy atom. The molecule has 0 aliphatic carbocycles. The normalized spacial score (nSPS) is 13.6. The van der Waals surface area contributed by atoms with E-state index in [1.807, 2.05) is 0 Å². The lowest BCUT2D eigenvalue weighted by molar-refractivity contribution is -0.205. The summed E-state index contributed by atoms with van der Waals surface area (Å²) >= 11 is 0. The van der Waals surface area contributed by atoms with Crippen LogP contribution in [0.15, 0.2) is 48.5 Å².